The molecule has 0 radical (unpaired) electrons. The topological polar surface area (TPSA) is 54.4 Å². The Kier molecular flexibility index (Phi) is 6.07. The van der Waals surface area contributed by atoms with Crippen LogP contribution in [0.2, 0.25) is 0 Å². The van der Waals surface area contributed by atoms with Crippen molar-refractivity contribution in [1.82, 2.24) is 9.80 Å². The van der Waals surface area contributed by atoms with Crippen LogP contribution in [0.4, 0.5) is 18.9 Å². The molecule has 3 aromatic carbocycles. The smallest absolute Gasteiger partial charge is 0.416 e. The van der Waals surface area contributed by atoms with Crippen molar-refractivity contribution in [3.8, 4) is 17.2 Å². The summed E-state index contributed by atoms with van der Waals surface area (Å²) in [6.45, 7) is 3.83. The van der Waals surface area contributed by atoms with Crippen molar-refractivity contribution in [2.45, 2.75) is 13.1 Å². The second-order valence-electron chi connectivity index (χ2n) is 8.73. The van der Waals surface area contributed by atoms with Gasteiger partial charge in [-0.15, -0.1) is 0 Å². The van der Waals surface area contributed by atoms with Crippen LogP contribution in [0.5, 0.6) is 17.2 Å². The highest BCUT2D eigenvalue weighted by molar-refractivity contribution is 6.04. The Morgan fingerprint density at radius 1 is 0.944 bits per heavy atom. The van der Waals surface area contributed by atoms with Crippen molar-refractivity contribution in [2.24, 2.45) is 4.99 Å². The third-order valence-electron chi connectivity index (χ3n) is 6.32. The zero-order chi connectivity index (χ0) is 25.4. The van der Waals surface area contributed by atoms with E-state index >= 15 is 0 Å². The zero-order valence-corrected chi connectivity index (χ0v) is 19.8. The number of benzene rings is 3. The molecule has 6 nitrogen and oxygen atoms in total. The average Bonchev–Trinajstić information content (AvgIpc) is 3.03. The molecule has 2 aliphatic heterocycles. The first-order valence-corrected chi connectivity index (χ1v) is 11.5. The fourth-order valence-electron chi connectivity index (χ4n) is 4.33. The van der Waals surface area contributed by atoms with Crippen LogP contribution >= 0.6 is 0 Å². The van der Waals surface area contributed by atoms with Gasteiger partial charge in [-0.25, -0.2) is 4.99 Å². The number of hydrogen-bond acceptors (Lipinski definition) is 5. The Hall–Kier alpha value is -4.01. The number of methoxy groups -OCH3 is 1. The normalized spacial score (nSPS) is 15.3. The monoisotopic (exact) mass is 495 g/mol. The SMILES string of the molecule is COc1ccc2c(c1)Oc1cc(C)ccc1N=C2N1CCN(C(=O)c2ccc(C(F)(F)F)cc2)CC1. The number of aryl methyl sites for hydroxylation is 1. The molecule has 2 aliphatic rings. The van der Waals surface area contributed by atoms with E-state index in [2.05, 4.69) is 4.90 Å². The Balaban J connectivity index is 1.38. The van der Waals surface area contributed by atoms with Gasteiger partial charge in [0.2, 0.25) is 0 Å². The predicted octanol–water partition coefficient (Wildman–Crippen LogP) is 5.66. The largest absolute Gasteiger partial charge is 0.497 e. The molecule has 0 aliphatic carbocycles. The van der Waals surface area contributed by atoms with Gasteiger partial charge >= 0.3 is 6.18 Å². The predicted molar refractivity (Wildman–Crippen MR) is 129 cm³/mol. The van der Waals surface area contributed by atoms with Crippen molar-refractivity contribution in [1.29, 1.82) is 0 Å². The van der Waals surface area contributed by atoms with Gasteiger partial charge < -0.3 is 19.3 Å². The molecular weight excluding hydrogens is 471 g/mol. The lowest BCUT2D eigenvalue weighted by Crippen LogP contribution is -2.50. The summed E-state index contributed by atoms with van der Waals surface area (Å²) in [7, 11) is 1.60. The maximum Gasteiger partial charge on any atom is 0.416 e. The summed E-state index contributed by atoms with van der Waals surface area (Å²) in [4.78, 5) is 21.6. The fourth-order valence-corrected chi connectivity index (χ4v) is 4.33. The van der Waals surface area contributed by atoms with Crippen LogP contribution in [-0.4, -0.2) is 54.8 Å². The van der Waals surface area contributed by atoms with Crippen molar-refractivity contribution in [3.63, 3.8) is 0 Å². The number of alkyl halides is 3. The Labute approximate surface area is 206 Å². The summed E-state index contributed by atoms with van der Waals surface area (Å²) in [6.07, 6.45) is -4.44. The number of fused-ring (bicyclic) bond motifs is 2. The lowest BCUT2D eigenvalue weighted by molar-refractivity contribution is -0.137. The van der Waals surface area contributed by atoms with E-state index in [4.69, 9.17) is 14.5 Å². The number of nitrogens with zero attached hydrogens (tertiary/aromatic N) is 3. The highest BCUT2D eigenvalue weighted by Crippen LogP contribution is 2.40. The minimum absolute atomic E-state index is 0.235. The van der Waals surface area contributed by atoms with Crippen molar-refractivity contribution < 1.29 is 27.4 Å². The maximum absolute atomic E-state index is 12.9. The quantitative estimate of drug-likeness (QED) is 0.460. The van der Waals surface area contributed by atoms with E-state index in [-0.39, 0.29) is 11.5 Å². The van der Waals surface area contributed by atoms with Crippen molar-refractivity contribution >= 4 is 17.4 Å². The third kappa shape index (κ3) is 4.60. The maximum atomic E-state index is 12.9. The van der Waals surface area contributed by atoms with Crippen molar-refractivity contribution in [3.05, 3.63) is 82.9 Å². The molecule has 1 saturated heterocycles. The molecule has 1 fully saturated rings. The van der Waals surface area contributed by atoms with E-state index in [0.717, 1.165) is 29.1 Å². The van der Waals surface area contributed by atoms with Gasteiger partial charge in [-0.05, 0) is 61.0 Å². The summed E-state index contributed by atoms with van der Waals surface area (Å²) in [6, 6.07) is 15.7. The van der Waals surface area contributed by atoms with Crippen LogP contribution < -0.4 is 9.47 Å². The molecular formula is C27H24F3N3O3. The number of amides is 1. The van der Waals surface area contributed by atoms with Crippen molar-refractivity contribution in [2.75, 3.05) is 33.3 Å². The number of rotatable bonds is 2. The fraction of sp³-hybridized carbons (Fsp3) is 0.259. The van der Waals surface area contributed by atoms with Gasteiger partial charge in [0.1, 0.15) is 23.0 Å². The molecule has 5 rings (SSSR count). The van der Waals surface area contributed by atoms with Crippen LogP contribution in [0, 0.1) is 6.92 Å². The first-order chi connectivity index (χ1) is 17.2. The molecule has 0 unspecified atom stereocenters. The Bertz CT molecular complexity index is 1330. The number of hydrogen-bond donors (Lipinski definition) is 0. The molecule has 0 atom stereocenters. The second-order valence-corrected chi connectivity index (χ2v) is 8.73. The molecule has 1 amide bonds. The van der Waals surface area contributed by atoms with Gasteiger partial charge in [0.05, 0.1) is 18.2 Å². The molecule has 36 heavy (non-hydrogen) atoms. The average molecular weight is 496 g/mol. The number of carbonyl (C=O) groups excluding carboxylic acids is 1. The van der Waals surface area contributed by atoms with E-state index in [0.29, 0.717) is 49.1 Å². The summed E-state index contributed by atoms with van der Waals surface area (Å²) in [5.41, 5.74) is 2.02. The standard InChI is InChI=1S/C27H24F3N3O3/c1-17-3-10-22-24(15-17)36-23-16-20(35-2)8-9-21(23)25(31-22)32-11-13-33(14-12-32)26(34)18-4-6-19(7-5-18)27(28,29)30/h3-10,15-16H,11-14H2,1-2H3. The summed E-state index contributed by atoms with van der Waals surface area (Å²) < 4.78 is 50.2. The van der Waals surface area contributed by atoms with E-state index < -0.39 is 11.7 Å². The van der Waals surface area contributed by atoms with Gasteiger partial charge in [-0.3, -0.25) is 4.79 Å². The van der Waals surface area contributed by atoms with Crippen LogP contribution in [0.25, 0.3) is 0 Å². The third-order valence-corrected chi connectivity index (χ3v) is 6.32. The van der Waals surface area contributed by atoms with Crippen LogP contribution in [0.15, 0.2) is 65.7 Å². The Morgan fingerprint density at radius 3 is 2.33 bits per heavy atom. The molecule has 2 heterocycles. The summed E-state index contributed by atoms with van der Waals surface area (Å²) >= 11 is 0. The van der Waals surface area contributed by atoms with Gasteiger partial charge in [0.15, 0.2) is 5.75 Å². The molecule has 9 heteroatoms. The van der Waals surface area contributed by atoms with E-state index in [1.807, 2.05) is 43.3 Å². The highest BCUT2D eigenvalue weighted by Gasteiger charge is 2.31. The molecule has 0 spiro atoms. The molecule has 0 bridgehead atoms. The minimum atomic E-state index is -4.44. The number of piperazine rings is 1. The zero-order valence-electron chi connectivity index (χ0n) is 19.8. The number of ether oxygens (including phenoxy) is 2. The van der Waals surface area contributed by atoms with Gasteiger partial charge in [-0.1, -0.05) is 6.07 Å². The first kappa shape index (κ1) is 23.7. The second kappa shape index (κ2) is 9.22. The number of carbonyl (C=O) groups is 1. The van der Waals surface area contributed by atoms with Gasteiger partial charge in [-0.2, -0.15) is 13.2 Å². The van der Waals surface area contributed by atoms with Gasteiger partial charge in [0.25, 0.3) is 5.91 Å². The van der Waals surface area contributed by atoms with E-state index in [9.17, 15) is 18.0 Å². The number of aliphatic imine (C=N–C) groups is 1. The van der Waals surface area contributed by atoms with E-state index in [1.165, 1.54) is 12.1 Å². The summed E-state index contributed by atoms with van der Waals surface area (Å²) in [5, 5.41) is 0. The molecule has 186 valence electrons. The molecule has 0 N–H and O–H groups in total. The molecule has 3 aromatic rings. The number of amidine groups is 1. The van der Waals surface area contributed by atoms with Crippen LogP contribution in [-0.2, 0) is 6.18 Å². The first-order valence-electron chi connectivity index (χ1n) is 11.5. The molecule has 0 saturated carbocycles. The lowest BCUT2D eigenvalue weighted by Gasteiger charge is -2.36. The number of halogens is 3. The Morgan fingerprint density at radius 2 is 1.67 bits per heavy atom. The molecule has 0 aromatic heterocycles. The minimum Gasteiger partial charge on any atom is -0.497 e. The van der Waals surface area contributed by atoms with Crippen LogP contribution in [0.3, 0.4) is 0 Å². The van der Waals surface area contributed by atoms with Crippen LogP contribution in [0.1, 0.15) is 27.0 Å². The van der Waals surface area contributed by atoms with E-state index in [1.54, 1.807) is 12.0 Å². The highest BCUT2D eigenvalue weighted by atomic mass is 19.4. The lowest BCUT2D eigenvalue weighted by atomic mass is 10.1. The summed E-state index contributed by atoms with van der Waals surface area (Å²) in [5.74, 6) is 2.38. The van der Waals surface area contributed by atoms with Gasteiger partial charge in [0, 0.05) is 37.8 Å².